The smallest absolute Gasteiger partial charge is 0.318 e. The fraction of sp³-hybridized carbons (Fsp3) is 0.455. The molecule has 43 heavy (non-hydrogen) atoms. The standard InChI is InChI=1S/C33H38ClN7O2/c1-22(2)32(42)41-18-17-40(19-24(41)12-14-35)31-26-13-16-39(29-11-5-8-23-7-4-10-27(34)30(23)29)20-28(26)36-33(37-31)43-21-25-9-6-15-38(25)3/h4-5,7-8,10-11,24-25H,1,6,9,12-13,15-21H2,2-3H3. The number of likely N-dealkylation sites (tertiary alicyclic amines) is 1. The number of carbonyl (C=O) groups is 1. The number of likely N-dealkylation sites (N-methyl/N-ethyl adjacent to an activating group) is 1. The number of carbonyl (C=O) groups excluding carboxylic acids is 1. The molecule has 9 nitrogen and oxygen atoms in total. The molecule has 0 aliphatic carbocycles. The summed E-state index contributed by atoms with van der Waals surface area (Å²) in [6.07, 6.45) is 3.26. The van der Waals surface area contributed by atoms with E-state index >= 15 is 0 Å². The number of hydrogen-bond donors (Lipinski definition) is 0. The van der Waals surface area contributed by atoms with Crippen LogP contribution in [0.3, 0.4) is 0 Å². The van der Waals surface area contributed by atoms with E-state index in [0.29, 0.717) is 50.4 Å². The molecule has 0 radical (unpaired) electrons. The van der Waals surface area contributed by atoms with Crippen molar-refractivity contribution in [1.29, 1.82) is 5.26 Å². The predicted molar refractivity (Wildman–Crippen MR) is 170 cm³/mol. The van der Waals surface area contributed by atoms with Crippen LogP contribution in [0.1, 0.15) is 37.4 Å². The van der Waals surface area contributed by atoms with Gasteiger partial charge in [0.1, 0.15) is 12.4 Å². The van der Waals surface area contributed by atoms with Crippen LogP contribution in [0.15, 0.2) is 48.6 Å². The minimum atomic E-state index is -0.247. The molecule has 3 aliphatic rings. The first-order valence-electron chi connectivity index (χ1n) is 15.1. The molecular formula is C33H38ClN7O2. The highest BCUT2D eigenvalue weighted by molar-refractivity contribution is 6.36. The fourth-order valence-corrected chi connectivity index (χ4v) is 6.94. The molecule has 2 aromatic carbocycles. The van der Waals surface area contributed by atoms with E-state index in [0.717, 1.165) is 70.9 Å². The van der Waals surface area contributed by atoms with Gasteiger partial charge >= 0.3 is 6.01 Å². The van der Waals surface area contributed by atoms with Gasteiger partial charge in [0.2, 0.25) is 5.91 Å². The van der Waals surface area contributed by atoms with Crippen molar-refractivity contribution in [2.75, 3.05) is 56.2 Å². The first kappa shape index (κ1) is 29.2. The average Bonchev–Trinajstić information content (AvgIpc) is 3.43. The SMILES string of the molecule is C=C(C)C(=O)N1CCN(c2nc(OCC3CCCN3C)nc3c2CCN(c2cccc4cccc(Cl)c24)C3)CC1CC#N. The fourth-order valence-electron chi connectivity index (χ4n) is 6.66. The van der Waals surface area contributed by atoms with Gasteiger partial charge in [0, 0.05) is 54.4 Å². The average molecular weight is 600 g/mol. The van der Waals surface area contributed by atoms with E-state index < -0.39 is 0 Å². The molecule has 3 aromatic rings. The Morgan fingerprint density at radius 2 is 1.93 bits per heavy atom. The molecule has 2 unspecified atom stereocenters. The number of benzene rings is 2. The van der Waals surface area contributed by atoms with Gasteiger partial charge in [-0.15, -0.1) is 0 Å². The molecule has 6 rings (SSSR count). The number of fused-ring (bicyclic) bond motifs is 2. The topological polar surface area (TPSA) is 88.8 Å². The molecule has 1 aromatic heterocycles. The Kier molecular flexibility index (Phi) is 8.42. The molecule has 0 spiro atoms. The van der Waals surface area contributed by atoms with Crippen molar-refractivity contribution in [3.05, 3.63) is 64.8 Å². The Bertz CT molecular complexity index is 1580. The molecule has 0 saturated carbocycles. The molecule has 224 valence electrons. The van der Waals surface area contributed by atoms with Gasteiger partial charge in [-0.2, -0.15) is 15.2 Å². The van der Waals surface area contributed by atoms with Crippen molar-refractivity contribution in [3.63, 3.8) is 0 Å². The first-order valence-corrected chi connectivity index (χ1v) is 15.4. The largest absolute Gasteiger partial charge is 0.462 e. The molecule has 2 atom stereocenters. The summed E-state index contributed by atoms with van der Waals surface area (Å²) in [5.74, 6) is 0.749. The lowest BCUT2D eigenvalue weighted by Crippen LogP contribution is -2.56. The number of aromatic nitrogens is 2. The Balaban J connectivity index is 1.34. The van der Waals surface area contributed by atoms with Gasteiger partial charge in [-0.05, 0) is 57.3 Å². The molecular weight excluding hydrogens is 562 g/mol. The summed E-state index contributed by atoms with van der Waals surface area (Å²) in [7, 11) is 2.13. The van der Waals surface area contributed by atoms with Gasteiger partial charge in [-0.25, -0.2) is 0 Å². The minimum Gasteiger partial charge on any atom is -0.462 e. The quantitative estimate of drug-likeness (QED) is 0.357. The van der Waals surface area contributed by atoms with Crippen LogP contribution < -0.4 is 14.5 Å². The predicted octanol–water partition coefficient (Wildman–Crippen LogP) is 4.83. The lowest BCUT2D eigenvalue weighted by atomic mass is 10.0. The van der Waals surface area contributed by atoms with Crippen molar-refractivity contribution in [2.45, 2.75) is 51.2 Å². The third kappa shape index (κ3) is 5.86. The molecule has 3 aliphatic heterocycles. The van der Waals surface area contributed by atoms with Crippen LogP contribution in [0.5, 0.6) is 6.01 Å². The summed E-state index contributed by atoms with van der Waals surface area (Å²) in [6, 6.07) is 15.0. The number of rotatable bonds is 7. The summed E-state index contributed by atoms with van der Waals surface area (Å²) in [4.78, 5) is 31.5. The summed E-state index contributed by atoms with van der Waals surface area (Å²) in [5, 5.41) is 12.5. The number of ether oxygens (including phenoxy) is 1. The van der Waals surface area contributed by atoms with E-state index in [1.165, 1.54) is 0 Å². The summed E-state index contributed by atoms with van der Waals surface area (Å²) >= 11 is 6.70. The van der Waals surface area contributed by atoms with Crippen molar-refractivity contribution >= 4 is 39.8 Å². The Morgan fingerprint density at radius 3 is 2.67 bits per heavy atom. The van der Waals surface area contributed by atoms with Crippen molar-refractivity contribution in [3.8, 4) is 12.1 Å². The number of amides is 1. The van der Waals surface area contributed by atoms with Crippen LogP contribution in [0, 0.1) is 11.3 Å². The van der Waals surface area contributed by atoms with Crippen LogP contribution in [0.4, 0.5) is 11.5 Å². The van der Waals surface area contributed by atoms with E-state index in [1.807, 2.05) is 12.1 Å². The monoisotopic (exact) mass is 599 g/mol. The van der Waals surface area contributed by atoms with Crippen LogP contribution in [0.2, 0.25) is 5.02 Å². The molecule has 10 heteroatoms. The summed E-state index contributed by atoms with van der Waals surface area (Å²) < 4.78 is 6.29. The van der Waals surface area contributed by atoms with E-state index in [1.54, 1.807) is 11.8 Å². The second kappa shape index (κ2) is 12.4. The van der Waals surface area contributed by atoms with Crippen LogP contribution in [0.25, 0.3) is 10.8 Å². The third-order valence-electron chi connectivity index (χ3n) is 9.01. The van der Waals surface area contributed by atoms with E-state index in [9.17, 15) is 10.1 Å². The van der Waals surface area contributed by atoms with Gasteiger partial charge in [-0.1, -0.05) is 42.4 Å². The van der Waals surface area contributed by atoms with Crippen LogP contribution in [-0.2, 0) is 17.8 Å². The Morgan fingerprint density at radius 1 is 1.12 bits per heavy atom. The second-order valence-corrected chi connectivity index (χ2v) is 12.3. The maximum atomic E-state index is 12.9. The van der Waals surface area contributed by atoms with Gasteiger partial charge in [0.05, 0.1) is 35.8 Å². The summed E-state index contributed by atoms with van der Waals surface area (Å²) in [5.41, 5.74) is 3.61. The molecule has 2 fully saturated rings. The van der Waals surface area contributed by atoms with Crippen molar-refractivity contribution < 1.29 is 9.53 Å². The number of nitrogens with zero attached hydrogens (tertiary/aromatic N) is 7. The maximum Gasteiger partial charge on any atom is 0.318 e. The number of piperazine rings is 1. The second-order valence-electron chi connectivity index (χ2n) is 11.9. The Labute approximate surface area is 258 Å². The van der Waals surface area contributed by atoms with Crippen LogP contribution >= 0.6 is 11.6 Å². The number of anilines is 2. The molecule has 4 heterocycles. The zero-order chi connectivity index (χ0) is 30.1. The number of hydrogen-bond acceptors (Lipinski definition) is 8. The van der Waals surface area contributed by atoms with E-state index in [4.69, 9.17) is 26.3 Å². The van der Waals surface area contributed by atoms with E-state index in [2.05, 4.69) is 58.7 Å². The lowest BCUT2D eigenvalue weighted by molar-refractivity contribution is -0.129. The zero-order valence-corrected chi connectivity index (χ0v) is 25.7. The molecule has 2 saturated heterocycles. The normalized spacial score (nSPS) is 20.7. The molecule has 0 bridgehead atoms. The first-order chi connectivity index (χ1) is 20.8. The Hall–Kier alpha value is -3.87. The number of nitriles is 1. The van der Waals surface area contributed by atoms with Gasteiger partial charge in [-0.3, -0.25) is 4.79 Å². The van der Waals surface area contributed by atoms with Gasteiger partial charge in [0.15, 0.2) is 0 Å². The highest BCUT2D eigenvalue weighted by Crippen LogP contribution is 2.37. The molecule has 0 N–H and O–H groups in total. The zero-order valence-electron chi connectivity index (χ0n) is 24.9. The molecule has 1 amide bonds. The van der Waals surface area contributed by atoms with Gasteiger partial charge in [0.25, 0.3) is 0 Å². The lowest BCUT2D eigenvalue weighted by Gasteiger charge is -2.42. The minimum absolute atomic E-state index is 0.0984. The van der Waals surface area contributed by atoms with Gasteiger partial charge < -0.3 is 24.3 Å². The van der Waals surface area contributed by atoms with Crippen molar-refractivity contribution in [1.82, 2.24) is 19.8 Å². The third-order valence-corrected chi connectivity index (χ3v) is 9.32. The summed E-state index contributed by atoms with van der Waals surface area (Å²) in [6.45, 7) is 10.2. The van der Waals surface area contributed by atoms with Crippen molar-refractivity contribution in [2.24, 2.45) is 0 Å². The highest BCUT2D eigenvalue weighted by atomic mass is 35.5. The van der Waals surface area contributed by atoms with E-state index in [-0.39, 0.29) is 18.4 Å². The maximum absolute atomic E-state index is 12.9. The highest BCUT2D eigenvalue weighted by Gasteiger charge is 2.34. The number of halogens is 1. The van der Waals surface area contributed by atoms with Crippen LogP contribution in [-0.4, -0.2) is 84.1 Å².